The van der Waals surface area contributed by atoms with Crippen LogP contribution in [0.15, 0.2) is 48.5 Å². The summed E-state index contributed by atoms with van der Waals surface area (Å²) >= 11 is 0. The Hall–Kier alpha value is -3.43. The number of hydrogen-bond donors (Lipinski definition) is 3. The van der Waals surface area contributed by atoms with Crippen molar-refractivity contribution in [2.75, 3.05) is 56.5 Å². The van der Waals surface area contributed by atoms with E-state index < -0.39 is 0 Å². The molecule has 2 aliphatic rings. The first-order chi connectivity index (χ1) is 17.0. The van der Waals surface area contributed by atoms with Crippen molar-refractivity contribution in [3.63, 3.8) is 0 Å². The van der Waals surface area contributed by atoms with Gasteiger partial charge in [0.15, 0.2) is 0 Å². The van der Waals surface area contributed by atoms with Gasteiger partial charge in [0.2, 0.25) is 11.8 Å². The maximum absolute atomic E-state index is 12.5. The highest BCUT2D eigenvalue weighted by Gasteiger charge is 2.25. The van der Waals surface area contributed by atoms with Crippen molar-refractivity contribution in [2.24, 2.45) is 0 Å². The minimum absolute atomic E-state index is 0.0929. The molecule has 0 radical (unpaired) electrons. The second kappa shape index (κ2) is 11.8. The molecule has 1 aliphatic heterocycles. The van der Waals surface area contributed by atoms with Gasteiger partial charge in [-0.3, -0.25) is 24.2 Å². The van der Waals surface area contributed by atoms with E-state index in [4.69, 9.17) is 4.74 Å². The van der Waals surface area contributed by atoms with E-state index in [0.29, 0.717) is 42.7 Å². The van der Waals surface area contributed by atoms with Crippen molar-refractivity contribution < 1.29 is 19.1 Å². The first-order valence-corrected chi connectivity index (χ1v) is 12.2. The second-order valence-electron chi connectivity index (χ2n) is 8.93. The summed E-state index contributed by atoms with van der Waals surface area (Å²) in [5.74, 6) is 0.520. The van der Waals surface area contributed by atoms with Gasteiger partial charge in [-0.05, 0) is 68.3 Å². The average molecular weight is 480 g/mol. The van der Waals surface area contributed by atoms with Crippen LogP contribution in [0.4, 0.5) is 11.4 Å². The van der Waals surface area contributed by atoms with Crippen LogP contribution in [0.25, 0.3) is 0 Å². The third kappa shape index (κ3) is 7.80. The number of hydrogen-bond acceptors (Lipinski definition) is 6. The van der Waals surface area contributed by atoms with Crippen molar-refractivity contribution in [1.29, 1.82) is 0 Å². The molecule has 0 unspecified atom stereocenters. The summed E-state index contributed by atoms with van der Waals surface area (Å²) in [6.07, 6.45) is 2.18. The van der Waals surface area contributed by atoms with Crippen molar-refractivity contribution in [3.05, 3.63) is 54.1 Å². The number of piperazine rings is 1. The predicted molar refractivity (Wildman–Crippen MR) is 135 cm³/mol. The molecule has 186 valence electrons. The molecule has 2 fully saturated rings. The third-order valence-electron chi connectivity index (χ3n) is 6.00. The molecule has 2 aromatic rings. The van der Waals surface area contributed by atoms with Gasteiger partial charge >= 0.3 is 0 Å². The summed E-state index contributed by atoms with van der Waals surface area (Å²) in [6, 6.07) is 14.4. The maximum Gasteiger partial charge on any atom is 0.255 e. The fourth-order valence-electron chi connectivity index (χ4n) is 3.92. The van der Waals surface area contributed by atoms with E-state index in [2.05, 4.69) is 25.8 Å². The Morgan fingerprint density at radius 1 is 0.800 bits per heavy atom. The lowest BCUT2D eigenvalue weighted by Gasteiger charge is -2.33. The molecule has 0 atom stereocenters. The van der Waals surface area contributed by atoms with Crippen LogP contribution in [0.3, 0.4) is 0 Å². The maximum atomic E-state index is 12.5. The number of nitrogens with zero attached hydrogens (tertiary/aromatic N) is 2. The lowest BCUT2D eigenvalue weighted by Crippen LogP contribution is -2.51. The van der Waals surface area contributed by atoms with Gasteiger partial charge in [0, 0.05) is 49.2 Å². The third-order valence-corrected chi connectivity index (χ3v) is 6.00. The molecule has 1 saturated carbocycles. The van der Waals surface area contributed by atoms with E-state index in [1.54, 1.807) is 36.4 Å². The molecule has 1 heterocycles. The van der Waals surface area contributed by atoms with Crippen molar-refractivity contribution >= 4 is 29.1 Å². The zero-order valence-corrected chi connectivity index (χ0v) is 20.1. The van der Waals surface area contributed by atoms with Crippen LogP contribution < -0.4 is 20.7 Å². The summed E-state index contributed by atoms with van der Waals surface area (Å²) in [5.41, 5.74) is 1.82. The smallest absolute Gasteiger partial charge is 0.255 e. The number of rotatable bonds is 10. The molecule has 0 bridgehead atoms. The van der Waals surface area contributed by atoms with E-state index in [9.17, 15) is 14.4 Å². The van der Waals surface area contributed by atoms with Gasteiger partial charge in [-0.2, -0.15) is 0 Å². The number of carbonyl (C=O) groups is 3. The molecule has 35 heavy (non-hydrogen) atoms. The molecule has 3 amide bonds. The lowest BCUT2D eigenvalue weighted by atomic mass is 10.2. The summed E-state index contributed by atoms with van der Waals surface area (Å²) in [7, 11) is 0. The normalized spacial score (nSPS) is 16.4. The molecule has 9 nitrogen and oxygen atoms in total. The van der Waals surface area contributed by atoms with Crippen molar-refractivity contribution in [1.82, 2.24) is 15.1 Å². The predicted octanol–water partition coefficient (Wildman–Crippen LogP) is 2.17. The molecule has 0 spiro atoms. The number of nitrogens with one attached hydrogen (secondary N) is 3. The Balaban J connectivity index is 1.18. The second-order valence-corrected chi connectivity index (χ2v) is 8.93. The molecule has 3 N–H and O–H groups in total. The topological polar surface area (TPSA) is 103 Å². The van der Waals surface area contributed by atoms with Crippen LogP contribution in [-0.4, -0.2) is 79.4 Å². The number of amides is 3. The van der Waals surface area contributed by atoms with Gasteiger partial charge in [-0.25, -0.2) is 0 Å². The lowest BCUT2D eigenvalue weighted by molar-refractivity contribution is -0.123. The Labute approximate surface area is 205 Å². The number of carbonyl (C=O) groups excluding carboxylic acids is 3. The van der Waals surface area contributed by atoms with E-state index in [-0.39, 0.29) is 17.7 Å². The Bertz CT molecular complexity index is 1010. The van der Waals surface area contributed by atoms with Gasteiger partial charge in [0.1, 0.15) is 5.75 Å². The van der Waals surface area contributed by atoms with Crippen LogP contribution >= 0.6 is 0 Å². The Morgan fingerprint density at radius 3 is 1.91 bits per heavy atom. The van der Waals surface area contributed by atoms with Gasteiger partial charge in [0.25, 0.3) is 5.91 Å². The molecule has 4 rings (SSSR count). The molecular formula is C26H33N5O4. The van der Waals surface area contributed by atoms with Crippen LogP contribution in [0.5, 0.6) is 5.75 Å². The zero-order chi connectivity index (χ0) is 24.6. The van der Waals surface area contributed by atoms with Crippen LogP contribution in [0.2, 0.25) is 0 Å². The molecule has 1 saturated heterocycles. The quantitative estimate of drug-likeness (QED) is 0.483. The first kappa shape index (κ1) is 24.7. The molecular weight excluding hydrogens is 446 g/mol. The monoisotopic (exact) mass is 479 g/mol. The van der Waals surface area contributed by atoms with Gasteiger partial charge in [-0.15, -0.1) is 0 Å². The SMILES string of the molecule is CCOc1ccc(NC(=O)c2ccc(NC(=O)CN3CCN(CC(=O)NC4CC4)CC3)cc2)cc1. The van der Waals surface area contributed by atoms with Gasteiger partial charge in [-0.1, -0.05) is 0 Å². The van der Waals surface area contributed by atoms with E-state index in [0.717, 1.165) is 44.8 Å². The fourth-order valence-corrected chi connectivity index (χ4v) is 3.92. The molecule has 9 heteroatoms. The minimum Gasteiger partial charge on any atom is -0.494 e. The van der Waals surface area contributed by atoms with E-state index >= 15 is 0 Å². The highest BCUT2D eigenvalue weighted by atomic mass is 16.5. The van der Waals surface area contributed by atoms with Crippen LogP contribution in [0, 0.1) is 0 Å². The van der Waals surface area contributed by atoms with Crippen molar-refractivity contribution in [2.45, 2.75) is 25.8 Å². The van der Waals surface area contributed by atoms with Gasteiger partial charge in [0.05, 0.1) is 19.7 Å². The molecule has 0 aromatic heterocycles. The van der Waals surface area contributed by atoms with E-state index in [1.807, 2.05) is 19.1 Å². The van der Waals surface area contributed by atoms with Crippen molar-refractivity contribution in [3.8, 4) is 5.75 Å². The van der Waals surface area contributed by atoms with Crippen LogP contribution in [-0.2, 0) is 9.59 Å². The zero-order valence-electron chi connectivity index (χ0n) is 20.1. The summed E-state index contributed by atoms with van der Waals surface area (Å²) in [5, 5.41) is 8.76. The summed E-state index contributed by atoms with van der Waals surface area (Å²) in [4.78, 5) is 41.2. The largest absolute Gasteiger partial charge is 0.494 e. The average Bonchev–Trinajstić information content (AvgIpc) is 3.66. The highest BCUT2D eigenvalue weighted by Crippen LogP contribution is 2.19. The highest BCUT2D eigenvalue weighted by molar-refractivity contribution is 6.04. The number of benzene rings is 2. The number of ether oxygens (including phenoxy) is 1. The fraction of sp³-hybridized carbons (Fsp3) is 0.423. The Morgan fingerprint density at radius 2 is 1.34 bits per heavy atom. The summed E-state index contributed by atoms with van der Waals surface area (Å²) in [6.45, 7) is 6.25. The minimum atomic E-state index is -0.226. The molecule has 2 aromatic carbocycles. The van der Waals surface area contributed by atoms with Gasteiger partial charge < -0.3 is 20.7 Å². The van der Waals surface area contributed by atoms with Crippen LogP contribution in [0.1, 0.15) is 30.1 Å². The van der Waals surface area contributed by atoms with E-state index in [1.165, 1.54) is 0 Å². The number of anilines is 2. The first-order valence-electron chi connectivity index (χ1n) is 12.2. The molecule has 1 aliphatic carbocycles. The Kier molecular flexibility index (Phi) is 8.33. The summed E-state index contributed by atoms with van der Waals surface area (Å²) < 4.78 is 5.41. The standard InChI is InChI=1S/C26H33N5O4/c1-2-35-23-11-9-22(10-12-23)29-26(34)19-3-5-20(6-4-19)27-24(32)17-30-13-15-31(16-14-30)18-25(33)28-21-7-8-21/h3-6,9-12,21H,2,7-8,13-18H2,1H3,(H,27,32)(H,28,33)(H,29,34).